The molecule has 112 valence electrons. The second kappa shape index (κ2) is 15.7. The number of aliphatic imine (C=N–C) groups is 1. The Morgan fingerprint density at radius 1 is 1.38 bits per heavy atom. The van der Waals surface area contributed by atoms with E-state index in [2.05, 4.69) is 49.7 Å². The lowest BCUT2D eigenvalue weighted by molar-refractivity contribution is 1.14. The summed E-state index contributed by atoms with van der Waals surface area (Å²) in [6.45, 7) is 14.9. The quantitative estimate of drug-likeness (QED) is 0.362. The van der Waals surface area contributed by atoms with Gasteiger partial charge in [-0.05, 0) is 45.5 Å². The SMILES string of the molecule is C#CC.C=C/C=C\C(=C/C)CC.C=Nc1ccccc1C. The number of aryl methyl sites for hydroxylation is 1. The van der Waals surface area contributed by atoms with E-state index in [9.17, 15) is 0 Å². The molecular formula is C20H27N. The second-order valence-electron chi connectivity index (χ2n) is 4.05. The van der Waals surface area contributed by atoms with Crippen LogP contribution >= 0.6 is 0 Å². The monoisotopic (exact) mass is 281 g/mol. The van der Waals surface area contributed by atoms with Crippen molar-refractivity contribution in [3.05, 3.63) is 66.3 Å². The molecule has 0 aliphatic rings. The predicted octanol–water partition coefficient (Wildman–Crippen LogP) is 6.05. The van der Waals surface area contributed by atoms with Crippen LogP contribution in [0.1, 0.15) is 32.8 Å². The molecule has 1 nitrogen and oxygen atoms in total. The molecular weight excluding hydrogens is 254 g/mol. The van der Waals surface area contributed by atoms with Crippen molar-refractivity contribution in [2.75, 3.05) is 0 Å². The topological polar surface area (TPSA) is 12.4 Å². The van der Waals surface area contributed by atoms with Crippen LogP contribution < -0.4 is 0 Å². The first-order valence-corrected chi connectivity index (χ1v) is 6.95. The van der Waals surface area contributed by atoms with Gasteiger partial charge in [0.15, 0.2) is 0 Å². The van der Waals surface area contributed by atoms with Gasteiger partial charge in [-0.2, -0.15) is 0 Å². The Bertz CT molecular complexity index is 499. The molecule has 0 unspecified atom stereocenters. The summed E-state index contributed by atoms with van der Waals surface area (Å²) in [6.07, 6.45) is 13.6. The summed E-state index contributed by atoms with van der Waals surface area (Å²) >= 11 is 0. The second-order valence-corrected chi connectivity index (χ2v) is 4.05. The normalized spacial score (nSPS) is 9.57. The van der Waals surface area contributed by atoms with Gasteiger partial charge in [-0.1, -0.05) is 61.6 Å². The van der Waals surface area contributed by atoms with Crippen LogP contribution in [0, 0.1) is 19.3 Å². The molecule has 0 N–H and O–H groups in total. The summed E-state index contributed by atoms with van der Waals surface area (Å²) in [5.41, 5.74) is 3.50. The molecule has 1 rings (SSSR count). The van der Waals surface area contributed by atoms with Crippen molar-refractivity contribution in [1.82, 2.24) is 0 Å². The minimum atomic E-state index is 0.970. The number of benzene rings is 1. The van der Waals surface area contributed by atoms with E-state index in [0.717, 1.165) is 12.1 Å². The van der Waals surface area contributed by atoms with Gasteiger partial charge in [-0.15, -0.1) is 12.3 Å². The van der Waals surface area contributed by atoms with Crippen molar-refractivity contribution in [1.29, 1.82) is 0 Å². The van der Waals surface area contributed by atoms with Crippen molar-refractivity contribution < 1.29 is 0 Å². The molecule has 1 aromatic carbocycles. The Balaban J connectivity index is 0. The van der Waals surface area contributed by atoms with Crippen LogP contribution in [0.4, 0.5) is 5.69 Å². The van der Waals surface area contributed by atoms with Gasteiger partial charge < -0.3 is 0 Å². The molecule has 0 fully saturated rings. The Morgan fingerprint density at radius 3 is 2.29 bits per heavy atom. The molecule has 0 heterocycles. The third-order valence-electron chi connectivity index (χ3n) is 2.51. The Kier molecular flexibility index (Phi) is 15.7. The standard InChI is InChI=1S/C9H14.C8H9N.C3H4/c1-4-7-8-9(5-2)6-3;1-7-5-3-4-6-8(7)9-2;1-3-2/h4-5,7-8H,1,6H2,2-3H3;3-6H,2H2,1H3;1H,2H3/b8-7-,9-5-;;. The van der Waals surface area contributed by atoms with Crippen molar-refractivity contribution in [2.24, 2.45) is 4.99 Å². The maximum atomic E-state index is 4.60. The Morgan fingerprint density at radius 2 is 1.95 bits per heavy atom. The summed E-state index contributed by atoms with van der Waals surface area (Å²) in [7, 11) is 0. The van der Waals surface area contributed by atoms with Gasteiger partial charge in [0.05, 0.1) is 5.69 Å². The summed E-state index contributed by atoms with van der Waals surface area (Å²) in [5, 5.41) is 0. The van der Waals surface area contributed by atoms with E-state index < -0.39 is 0 Å². The lowest BCUT2D eigenvalue weighted by Crippen LogP contribution is -1.69. The van der Waals surface area contributed by atoms with E-state index in [4.69, 9.17) is 0 Å². The smallest absolute Gasteiger partial charge is 0.0651 e. The number of hydrogen-bond acceptors (Lipinski definition) is 1. The lowest BCUT2D eigenvalue weighted by Gasteiger charge is -1.94. The fourth-order valence-electron chi connectivity index (χ4n) is 1.35. The fraction of sp³-hybridized carbons (Fsp3) is 0.250. The van der Waals surface area contributed by atoms with Gasteiger partial charge in [-0.25, -0.2) is 0 Å². The molecule has 1 heteroatoms. The number of para-hydroxylation sites is 1. The first-order valence-electron chi connectivity index (χ1n) is 6.95. The molecule has 0 saturated heterocycles. The van der Waals surface area contributed by atoms with Crippen LogP contribution in [0.3, 0.4) is 0 Å². The molecule has 0 radical (unpaired) electrons. The zero-order valence-electron chi connectivity index (χ0n) is 13.8. The summed E-state index contributed by atoms with van der Waals surface area (Å²) < 4.78 is 0. The van der Waals surface area contributed by atoms with E-state index in [-0.39, 0.29) is 0 Å². The van der Waals surface area contributed by atoms with Gasteiger partial charge in [0.25, 0.3) is 0 Å². The maximum absolute atomic E-state index is 4.60. The summed E-state index contributed by atoms with van der Waals surface area (Å²) in [6, 6.07) is 7.91. The highest BCUT2D eigenvalue weighted by Crippen LogP contribution is 2.15. The largest absolute Gasteiger partial charge is 0.264 e. The lowest BCUT2D eigenvalue weighted by atomic mass is 10.2. The van der Waals surface area contributed by atoms with E-state index in [1.807, 2.05) is 44.2 Å². The van der Waals surface area contributed by atoms with Crippen LogP contribution in [0.15, 0.2) is 65.7 Å². The fourth-order valence-corrected chi connectivity index (χ4v) is 1.35. The highest BCUT2D eigenvalue weighted by Gasteiger charge is 1.88. The van der Waals surface area contributed by atoms with Gasteiger partial charge in [0.2, 0.25) is 0 Å². The molecule has 0 spiro atoms. The average Bonchev–Trinajstić information content (AvgIpc) is 2.50. The van der Waals surface area contributed by atoms with Gasteiger partial charge in [0.1, 0.15) is 0 Å². The van der Waals surface area contributed by atoms with Crippen LogP contribution in [-0.2, 0) is 0 Å². The van der Waals surface area contributed by atoms with Crippen molar-refractivity contribution in [2.45, 2.75) is 34.1 Å². The first kappa shape index (κ1) is 21.0. The van der Waals surface area contributed by atoms with Crippen molar-refractivity contribution >= 4 is 12.4 Å². The molecule has 0 aliphatic carbocycles. The summed E-state index contributed by atoms with van der Waals surface area (Å²) in [5.74, 6) is 2.25. The minimum absolute atomic E-state index is 0.970. The Hall–Kier alpha value is -2.33. The molecule has 0 amide bonds. The van der Waals surface area contributed by atoms with E-state index in [1.54, 1.807) is 13.0 Å². The van der Waals surface area contributed by atoms with E-state index in [0.29, 0.717) is 0 Å². The van der Waals surface area contributed by atoms with Crippen LogP contribution in [0.25, 0.3) is 0 Å². The molecule has 1 aromatic rings. The number of nitrogens with zero attached hydrogens (tertiary/aromatic N) is 1. The molecule has 0 saturated carbocycles. The predicted molar refractivity (Wildman–Crippen MR) is 98.3 cm³/mol. The van der Waals surface area contributed by atoms with Crippen LogP contribution in [0.5, 0.6) is 0 Å². The highest BCUT2D eigenvalue weighted by molar-refractivity contribution is 5.50. The average molecular weight is 281 g/mol. The first-order chi connectivity index (χ1) is 10.1. The number of rotatable bonds is 4. The molecule has 0 atom stereocenters. The van der Waals surface area contributed by atoms with Crippen LogP contribution in [0.2, 0.25) is 0 Å². The molecule has 0 aliphatic heterocycles. The van der Waals surface area contributed by atoms with Crippen molar-refractivity contribution in [3.63, 3.8) is 0 Å². The van der Waals surface area contributed by atoms with Crippen molar-refractivity contribution in [3.8, 4) is 12.3 Å². The molecule has 21 heavy (non-hydrogen) atoms. The summed E-state index contributed by atoms with van der Waals surface area (Å²) in [4.78, 5) is 3.82. The van der Waals surface area contributed by atoms with Gasteiger partial charge >= 0.3 is 0 Å². The zero-order chi connectivity index (χ0) is 16.5. The highest BCUT2D eigenvalue weighted by atomic mass is 14.7. The molecule has 0 aromatic heterocycles. The third-order valence-corrected chi connectivity index (χ3v) is 2.51. The Labute approximate surface area is 130 Å². The van der Waals surface area contributed by atoms with Gasteiger partial charge in [0, 0.05) is 0 Å². The molecule has 0 bridgehead atoms. The number of hydrogen-bond donors (Lipinski definition) is 0. The number of terminal acetylenes is 1. The van der Waals surface area contributed by atoms with Crippen LogP contribution in [-0.4, -0.2) is 6.72 Å². The van der Waals surface area contributed by atoms with E-state index in [1.165, 1.54) is 11.1 Å². The minimum Gasteiger partial charge on any atom is -0.264 e. The van der Waals surface area contributed by atoms with Gasteiger partial charge in [-0.3, -0.25) is 4.99 Å². The van der Waals surface area contributed by atoms with E-state index >= 15 is 0 Å². The zero-order valence-corrected chi connectivity index (χ0v) is 13.8. The maximum Gasteiger partial charge on any atom is 0.0651 e. The third kappa shape index (κ3) is 12.4. The number of allylic oxidation sites excluding steroid dienone is 5.